The van der Waals surface area contributed by atoms with E-state index in [0.717, 1.165) is 61.3 Å². The van der Waals surface area contributed by atoms with Gasteiger partial charge in [-0.3, -0.25) is 4.98 Å². The van der Waals surface area contributed by atoms with Crippen molar-refractivity contribution in [1.29, 1.82) is 0 Å². The third-order valence-electron chi connectivity index (χ3n) is 7.80. The van der Waals surface area contributed by atoms with Gasteiger partial charge in [-0.25, -0.2) is 9.55 Å². The number of hydrogen-bond donors (Lipinski definition) is 1. The SMILES string of the molecule is CC(Oc1cnc2cc(N3CCOCC3)nc(O[C@H]3CC[C@@H](Nc4ccccn4)CC3)c2c1)c1cnc([N+](=O)[O-])n1C. The predicted molar refractivity (Wildman–Crippen MR) is 156 cm³/mol. The lowest BCUT2D eigenvalue weighted by Crippen LogP contribution is -2.37. The fourth-order valence-corrected chi connectivity index (χ4v) is 5.53. The van der Waals surface area contributed by atoms with E-state index in [1.54, 1.807) is 19.4 Å². The molecule has 1 atom stereocenters. The third-order valence-corrected chi connectivity index (χ3v) is 7.80. The monoisotopic (exact) mass is 574 g/mol. The smallest absolute Gasteiger partial charge is 0.434 e. The highest BCUT2D eigenvalue weighted by molar-refractivity contribution is 5.87. The fourth-order valence-electron chi connectivity index (χ4n) is 5.53. The van der Waals surface area contributed by atoms with Gasteiger partial charge < -0.3 is 34.5 Å². The van der Waals surface area contributed by atoms with E-state index in [4.69, 9.17) is 24.2 Å². The highest BCUT2D eigenvalue weighted by atomic mass is 16.6. The second kappa shape index (κ2) is 12.1. The first-order valence-corrected chi connectivity index (χ1v) is 14.2. The van der Waals surface area contributed by atoms with Gasteiger partial charge in [0.25, 0.3) is 0 Å². The summed E-state index contributed by atoms with van der Waals surface area (Å²) in [5.74, 6) is 2.49. The van der Waals surface area contributed by atoms with Crippen molar-refractivity contribution in [3.8, 4) is 11.6 Å². The van der Waals surface area contributed by atoms with Crippen LogP contribution in [0.2, 0.25) is 0 Å². The molecule has 0 aromatic carbocycles. The van der Waals surface area contributed by atoms with Gasteiger partial charge >= 0.3 is 5.95 Å². The van der Waals surface area contributed by atoms with Crippen LogP contribution in [-0.4, -0.2) is 67.9 Å². The Bertz CT molecular complexity index is 1530. The molecular weight excluding hydrogens is 540 g/mol. The van der Waals surface area contributed by atoms with Crippen LogP contribution in [0.5, 0.6) is 11.6 Å². The number of anilines is 2. The van der Waals surface area contributed by atoms with Gasteiger partial charge in [0.2, 0.25) is 5.88 Å². The molecule has 4 aromatic heterocycles. The van der Waals surface area contributed by atoms with Crippen LogP contribution < -0.4 is 19.7 Å². The summed E-state index contributed by atoms with van der Waals surface area (Å²) in [5.41, 5.74) is 1.33. The molecule has 0 amide bonds. The Kier molecular flexibility index (Phi) is 8.00. The number of hydrogen-bond acceptors (Lipinski definition) is 11. The predicted octanol–water partition coefficient (Wildman–Crippen LogP) is 4.45. The average molecular weight is 575 g/mol. The van der Waals surface area contributed by atoms with Gasteiger partial charge in [-0.05, 0) is 55.7 Å². The van der Waals surface area contributed by atoms with E-state index in [9.17, 15) is 10.1 Å². The van der Waals surface area contributed by atoms with Crippen molar-refractivity contribution in [3.63, 3.8) is 0 Å². The third kappa shape index (κ3) is 6.05. The van der Waals surface area contributed by atoms with E-state index in [1.165, 1.54) is 10.8 Å². The number of rotatable bonds is 9. The van der Waals surface area contributed by atoms with Crippen molar-refractivity contribution in [1.82, 2.24) is 24.5 Å². The highest BCUT2D eigenvalue weighted by Crippen LogP contribution is 2.34. The van der Waals surface area contributed by atoms with Crippen LogP contribution in [0.25, 0.3) is 10.9 Å². The number of nitrogens with one attached hydrogen (secondary N) is 1. The zero-order valence-corrected chi connectivity index (χ0v) is 23.7. The molecule has 0 spiro atoms. The Morgan fingerprint density at radius 2 is 1.90 bits per heavy atom. The maximum atomic E-state index is 11.2. The number of pyridine rings is 3. The van der Waals surface area contributed by atoms with E-state index in [0.29, 0.717) is 36.6 Å². The van der Waals surface area contributed by atoms with Crippen LogP contribution in [0.1, 0.15) is 44.4 Å². The summed E-state index contributed by atoms with van der Waals surface area (Å²) in [6.07, 6.45) is 8.12. The number of nitrogens with zero attached hydrogens (tertiary/aromatic N) is 7. The lowest BCUT2D eigenvalue weighted by Gasteiger charge is -2.31. The Hall–Kier alpha value is -4.52. The van der Waals surface area contributed by atoms with E-state index in [2.05, 4.69) is 20.2 Å². The lowest BCUT2D eigenvalue weighted by atomic mass is 9.93. The summed E-state index contributed by atoms with van der Waals surface area (Å²) in [5, 5.41) is 15.5. The Balaban J connectivity index is 1.23. The van der Waals surface area contributed by atoms with Gasteiger partial charge in [0.05, 0.1) is 37.4 Å². The zero-order chi connectivity index (χ0) is 29.1. The summed E-state index contributed by atoms with van der Waals surface area (Å²) in [6.45, 7) is 4.61. The Morgan fingerprint density at radius 3 is 2.62 bits per heavy atom. The molecule has 0 bridgehead atoms. The largest absolute Gasteiger partial charge is 0.481 e. The van der Waals surface area contributed by atoms with E-state index >= 15 is 0 Å². The average Bonchev–Trinajstić information content (AvgIpc) is 3.41. The number of fused-ring (bicyclic) bond motifs is 1. The van der Waals surface area contributed by atoms with Crippen molar-refractivity contribution < 1.29 is 19.1 Å². The molecule has 6 rings (SSSR count). The van der Waals surface area contributed by atoms with Crippen LogP contribution >= 0.6 is 0 Å². The maximum Gasteiger partial charge on any atom is 0.434 e. The van der Waals surface area contributed by atoms with Crippen molar-refractivity contribution in [3.05, 3.63) is 64.7 Å². The number of ether oxygens (including phenoxy) is 3. The van der Waals surface area contributed by atoms with Gasteiger partial charge in [-0.1, -0.05) is 11.1 Å². The second-order valence-electron chi connectivity index (χ2n) is 10.6. The quantitative estimate of drug-likeness (QED) is 0.224. The summed E-state index contributed by atoms with van der Waals surface area (Å²) in [6, 6.07) is 10.1. The van der Waals surface area contributed by atoms with Crippen molar-refractivity contribution in [2.75, 3.05) is 36.5 Å². The van der Waals surface area contributed by atoms with Crippen molar-refractivity contribution in [2.45, 2.75) is 50.9 Å². The van der Waals surface area contributed by atoms with Crippen LogP contribution in [0.15, 0.2) is 48.9 Å². The second-order valence-corrected chi connectivity index (χ2v) is 10.6. The first kappa shape index (κ1) is 27.6. The van der Waals surface area contributed by atoms with Gasteiger partial charge in [0.15, 0.2) is 11.8 Å². The standard InChI is InChI=1S/C29H34N8O5/c1-19(25-18-32-29(35(25)2)37(38)39)41-22-15-23-24(31-17-22)16-27(36-11-13-40-14-12-36)34-28(23)42-21-8-6-20(7-9-21)33-26-5-3-4-10-30-26/h3-5,10,15-21H,6-9,11-14H2,1-2H3,(H,30,33)/t19?,20-,21+. The number of nitro groups is 1. The molecule has 220 valence electrons. The molecule has 42 heavy (non-hydrogen) atoms. The van der Waals surface area contributed by atoms with Gasteiger partial charge in [0, 0.05) is 31.4 Å². The maximum absolute atomic E-state index is 11.2. The first-order chi connectivity index (χ1) is 20.4. The van der Waals surface area contributed by atoms with Gasteiger partial charge in [-0.2, -0.15) is 4.98 Å². The zero-order valence-electron chi connectivity index (χ0n) is 23.7. The molecule has 5 heterocycles. The van der Waals surface area contributed by atoms with Crippen LogP contribution in [0.3, 0.4) is 0 Å². The highest BCUT2D eigenvalue weighted by Gasteiger charge is 2.26. The number of imidazole rings is 1. The molecule has 1 saturated carbocycles. The molecule has 1 N–H and O–H groups in total. The minimum absolute atomic E-state index is 0.0147. The lowest BCUT2D eigenvalue weighted by molar-refractivity contribution is -0.396. The van der Waals surface area contributed by atoms with Gasteiger partial charge in [-0.15, -0.1) is 0 Å². The fraction of sp³-hybridized carbons (Fsp3) is 0.448. The molecule has 13 heteroatoms. The topological polar surface area (TPSA) is 143 Å². The minimum atomic E-state index is -0.517. The van der Waals surface area contributed by atoms with Gasteiger partial charge in [0.1, 0.15) is 29.7 Å². The molecule has 1 saturated heterocycles. The summed E-state index contributed by atoms with van der Waals surface area (Å²) < 4.78 is 19.7. The molecule has 4 aromatic rings. The molecule has 1 aliphatic carbocycles. The van der Waals surface area contributed by atoms with Crippen molar-refractivity contribution >= 4 is 28.5 Å². The van der Waals surface area contributed by atoms with Crippen molar-refractivity contribution in [2.24, 2.45) is 7.05 Å². The summed E-state index contributed by atoms with van der Waals surface area (Å²) in [7, 11) is 1.60. The summed E-state index contributed by atoms with van der Waals surface area (Å²) in [4.78, 5) is 30.9. The number of morpholine rings is 1. The van der Waals surface area contributed by atoms with Crippen LogP contribution in [0, 0.1) is 10.1 Å². The van der Waals surface area contributed by atoms with E-state index in [1.807, 2.05) is 37.3 Å². The molecule has 2 aliphatic rings. The van der Waals surface area contributed by atoms with E-state index < -0.39 is 11.0 Å². The molecule has 2 fully saturated rings. The molecule has 1 aliphatic heterocycles. The van der Waals surface area contributed by atoms with Crippen LogP contribution in [0.4, 0.5) is 17.6 Å². The summed E-state index contributed by atoms with van der Waals surface area (Å²) >= 11 is 0. The molecule has 13 nitrogen and oxygen atoms in total. The first-order valence-electron chi connectivity index (χ1n) is 14.2. The molecule has 1 unspecified atom stereocenters. The Labute approximate surface area is 243 Å². The minimum Gasteiger partial charge on any atom is -0.481 e. The molecular formula is C29H34N8O5. The number of aromatic nitrogens is 5. The molecule has 0 radical (unpaired) electrons. The van der Waals surface area contributed by atoms with E-state index in [-0.39, 0.29) is 12.1 Å². The van der Waals surface area contributed by atoms with Crippen LogP contribution in [-0.2, 0) is 11.8 Å². The normalized spacial score (nSPS) is 19.8. The Morgan fingerprint density at radius 1 is 1.10 bits per heavy atom.